The molecule has 0 aromatic carbocycles. The first kappa shape index (κ1) is 12.3. The third-order valence-corrected chi connectivity index (χ3v) is 2.63. The number of ether oxygens (including phenoxy) is 1. The van der Waals surface area contributed by atoms with Crippen LogP contribution in [0.2, 0.25) is 0 Å². The van der Waals surface area contributed by atoms with E-state index in [1.165, 1.54) is 4.90 Å². The molecule has 4 heteroatoms. The van der Waals surface area contributed by atoms with Crippen LogP contribution in [0.15, 0.2) is 0 Å². The number of piperidine rings is 1. The van der Waals surface area contributed by atoms with Crippen molar-refractivity contribution in [2.24, 2.45) is 0 Å². The van der Waals surface area contributed by atoms with Crippen molar-refractivity contribution in [3.63, 3.8) is 0 Å². The zero-order valence-corrected chi connectivity index (χ0v) is 10.0. The molecule has 0 aromatic rings. The maximum absolute atomic E-state index is 11.4. The molecule has 4 nitrogen and oxygen atoms in total. The molecule has 1 saturated heterocycles. The molecule has 0 aromatic heterocycles. The van der Waals surface area contributed by atoms with E-state index in [2.05, 4.69) is 11.8 Å². The molecule has 1 rings (SSSR count). The zero-order chi connectivity index (χ0) is 11.3. The smallest absolute Gasteiger partial charge is 0.409 e. The standard InChI is InChI=1S/C11H22N2O2/c1-4-7-13-8-5-6-10(9-13)15-11(14)12(2)3/h10H,4-9H2,1-3H3. The lowest BCUT2D eigenvalue weighted by Gasteiger charge is -2.32. The molecule has 0 radical (unpaired) electrons. The summed E-state index contributed by atoms with van der Waals surface area (Å²) in [6.45, 7) is 5.32. The number of carbonyl (C=O) groups excluding carboxylic acids is 1. The van der Waals surface area contributed by atoms with E-state index in [0.717, 1.165) is 38.9 Å². The second kappa shape index (κ2) is 5.95. The fourth-order valence-electron chi connectivity index (χ4n) is 1.88. The Labute approximate surface area is 92.2 Å². The fourth-order valence-corrected chi connectivity index (χ4v) is 1.88. The van der Waals surface area contributed by atoms with Gasteiger partial charge in [-0.2, -0.15) is 0 Å². The fraction of sp³-hybridized carbons (Fsp3) is 0.909. The molecule has 0 bridgehead atoms. The van der Waals surface area contributed by atoms with Gasteiger partial charge in [-0.1, -0.05) is 6.92 Å². The first-order chi connectivity index (χ1) is 7.13. The average molecular weight is 214 g/mol. The highest BCUT2D eigenvalue weighted by Gasteiger charge is 2.22. The van der Waals surface area contributed by atoms with Crippen LogP contribution in [0.4, 0.5) is 4.79 Å². The van der Waals surface area contributed by atoms with Gasteiger partial charge in [-0.25, -0.2) is 4.79 Å². The van der Waals surface area contributed by atoms with Crippen molar-refractivity contribution in [3.8, 4) is 0 Å². The predicted molar refractivity (Wildman–Crippen MR) is 59.9 cm³/mol. The molecule has 0 aliphatic carbocycles. The van der Waals surface area contributed by atoms with Gasteiger partial charge in [0.15, 0.2) is 0 Å². The van der Waals surface area contributed by atoms with Gasteiger partial charge < -0.3 is 9.64 Å². The van der Waals surface area contributed by atoms with E-state index in [4.69, 9.17) is 4.74 Å². The van der Waals surface area contributed by atoms with Crippen LogP contribution in [0.3, 0.4) is 0 Å². The Balaban J connectivity index is 2.32. The Morgan fingerprint density at radius 1 is 1.53 bits per heavy atom. The van der Waals surface area contributed by atoms with Crippen LogP contribution in [0.1, 0.15) is 26.2 Å². The zero-order valence-electron chi connectivity index (χ0n) is 10.0. The molecule has 1 fully saturated rings. The minimum absolute atomic E-state index is 0.0835. The number of hydrogen-bond donors (Lipinski definition) is 0. The third kappa shape index (κ3) is 4.08. The van der Waals surface area contributed by atoms with Gasteiger partial charge in [0.2, 0.25) is 0 Å². The Morgan fingerprint density at radius 3 is 2.87 bits per heavy atom. The Kier molecular flexibility index (Phi) is 4.88. The van der Waals surface area contributed by atoms with Gasteiger partial charge in [0.05, 0.1) is 0 Å². The minimum Gasteiger partial charge on any atom is -0.445 e. The summed E-state index contributed by atoms with van der Waals surface area (Å²) in [6.07, 6.45) is 3.15. The van der Waals surface area contributed by atoms with E-state index in [-0.39, 0.29) is 12.2 Å². The summed E-state index contributed by atoms with van der Waals surface area (Å²) < 4.78 is 5.37. The highest BCUT2D eigenvalue weighted by atomic mass is 16.6. The van der Waals surface area contributed by atoms with E-state index >= 15 is 0 Å². The minimum atomic E-state index is -0.224. The summed E-state index contributed by atoms with van der Waals surface area (Å²) >= 11 is 0. The summed E-state index contributed by atoms with van der Waals surface area (Å²) in [5.41, 5.74) is 0. The van der Waals surface area contributed by atoms with Gasteiger partial charge in [-0.15, -0.1) is 0 Å². The predicted octanol–water partition coefficient (Wildman–Crippen LogP) is 1.56. The van der Waals surface area contributed by atoms with Crippen LogP contribution in [0, 0.1) is 0 Å². The lowest BCUT2D eigenvalue weighted by atomic mass is 10.1. The number of nitrogens with zero attached hydrogens (tertiary/aromatic N) is 2. The highest BCUT2D eigenvalue weighted by Crippen LogP contribution is 2.14. The molecule has 15 heavy (non-hydrogen) atoms. The lowest BCUT2D eigenvalue weighted by molar-refractivity contribution is 0.0288. The number of hydrogen-bond acceptors (Lipinski definition) is 3. The van der Waals surface area contributed by atoms with Gasteiger partial charge in [0.25, 0.3) is 0 Å². The number of carbonyl (C=O) groups is 1. The molecule has 1 unspecified atom stereocenters. The van der Waals surface area contributed by atoms with Crippen LogP contribution < -0.4 is 0 Å². The van der Waals surface area contributed by atoms with Crippen molar-refractivity contribution < 1.29 is 9.53 Å². The Hall–Kier alpha value is -0.770. The first-order valence-electron chi connectivity index (χ1n) is 5.73. The largest absolute Gasteiger partial charge is 0.445 e. The molecule has 1 atom stereocenters. The average Bonchev–Trinajstić information content (AvgIpc) is 2.18. The quantitative estimate of drug-likeness (QED) is 0.714. The number of likely N-dealkylation sites (tertiary alicyclic amines) is 1. The molecule has 0 N–H and O–H groups in total. The molecule has 0 saturated carbocycles. The maximum atomic E-state index is 11.4. The van der Waals surface area contributed by atoms with Gasteiger partial charge in [-0.3, -0.25) is 4.90 Å². The van der Waals surface area contributed by atoms with Crippen LogP contribution in [-0.4, -0.2) is 55.7 Å². The van der Waals surface area contributed by atoms with E-state index in [0.29, 0.717) is 0 Å². The van der Waals surface area contributed by atoms with Crippen LogP contribution in [0.25, 0.3) is 0 Å². The summed E-state index contributed by atoms with van der Waals surface area (Å²) in [6, 6.07) is 0. The third-order valence-electron chi connectivity index (χ3n) is 2.63. The number of amides is 1. The number of rotatable bonds is 3. The highest BCUT2D eigenvalue weighted by molar-refractivity contribution is 5.66. The Morgan fingerprint density at radius 2 is 2.27 bits per heavy atom. The second-order valence-corrected chi connectivity index (χ2v) is 4.34. The summed E-state index contributed by atoms with van der Waals surface area (Å²) in [4.78, 5) is 15.2. The second-order valence-electron chi connectivity index (χ2n) is 4.34. The molecular weight excluding hydrogens is 192 g/mol. The molecule has 1 aliphatic heterocycles. The van der Waals surface area contributed by atoms with Crippen molar-refractivity contribution in [2.45, 2.75) is 32.3 Å². The topological polar surface area (TPSA) is 32.8 Å². The van der Waals surface area contributed by atoms with Gasteiger partial charge in [0, 0.05) is 20.6 Å². The van der Waals surface area contributed by atoms with E-state index in [1.54, 1.807) is 14.1 Å². The van der Waals surface area contributed by atoms with Gasteiger partial charge >= 0.3 is 6.09 Å². The molecule has 88 valence electrons. The van der Waals surface area contributed by atoms with Crippen LogP contribution >= 0.6 is 0 Å². The monoisotopic (exact) mass is 214 g/mol. The van der Waals surface area contributed by atoms with E-state index < -0.39 is 0 Å². The van der Waals surface area contributed by atoms with Gasteiger partial charge in [0.1, 0.15) is 6.10 Å². The van der Waals surface area contributed by atoms with E-state index in [1.807, 2.05) is 0 Å². The van der Waals surface area contributed by atoms with E-state index in [9.17, 15) is 4.79 Å². The molecular formula is C11H22N2O2. The summed E-state index contributed by atoms with van der Waals surface area (Å²) in [7, 11) is 3.43. The Bertz CT molecular complexity index is 205. The molecule has 1 aliphatic rings. The summed E-state index contributed by atoms with van der Waals surface area (Å²) in [5.74, 6) is 0. The maximum Gasteiger partial charge on any atom is 0.409 e. The van der Waals surface area contributed by atoms with Crippen LogP contribution in [-0.2, 0) is 4.74 Å². The van der Waals surface area contributed by atoms with Crippen molar-refractivity contribution in [1.29, 1.82) is 0 Å². The van der Waals surface area contributed by atoms with Crippen molar-refractivity contribution in [2.75, 3.05) is 33.7 Å². The van der Waals surface area contributed by atoms with Crippen molar-refractivity contribution >= 4 is 6.09 Å². The van der Waals surface area contributed by atoms with Crippen LogP contribution in [0.5, 0.6) is 0 Å². The summed E-state index contributed by atoms with van der Waals surface area (Å²) in [5, 5.41) is 0. The molecule has 0 spiro atoms. The molecule has 1 heterocycles. The van der Waals surface area contributed by atoms with Gasteiger partial charge in [-0.05, 0) is 32.4 Å². The van der Waals surface area contributed by atoms with Crippen molar-refractivity contribution in [3.05, 3.63) is 0 Å². The first-order valence-corrected chi connectivity index (χ1v) is 5.73. The SMILES string of the molecule is CCCN1CCCC(OC(=O)N(C)C)C1. The lowest BCUT2D eigenvalue weighted by Crippen LogP contribution is -2.42. The van der Waals surface area contributed by atoms with Crippen molar-refractivity contribution in [1.82, 2.24) is 9.80 Å². The normalized spacial score (nSPS) is 22.5. The molecule has 1 amide bonds.